The minimum atomic E-state index is -1.46. The maximum absolute atomic E-state index is 12.1. The Morgan fingerprint density at radius 1 is 1.09 bits per heavy atom. The van der Waals surface area contributed by atoms with Crippen molar-refractivity contribution in [3.8, 4) is 0 Å². The zero-order chi connectivity index (χ0) is 15.1. The molecule has 6 nitrogen and oxygen atoms in total. The summed E-state index contributed by atoms with van der Waals surface area (Å²) in [5, 5.41) is 22.2. The van der Waals surface area contributed by atoms with Crippen molar-refractivity contribution in [2.45, 2.75) is 0 Å². The quantitative estimate of drug-likeness (QED) is 0.400. The first kappa shape index (κ1) is 20.0. The third-order valence-electron chi connectivity index (χ3n) is 3.33. The molecule has 8 heteroatoms. The maximum Gasteiger partial charge on any atom is 1.00 e. The predicted octanol–water partition coefficient (Wildman–Crippen LogP) is -6.82. The fourth-order valence-electron chi connectivity index (χ4n) is 2.26. The topological polar surface area (TPSA) is 110 Å². The SMILES string of the molecule is O=C([O-])c1ccc2cc3c(nc2c1)C=CC(C(=O)[O-])C3=O.[Na+].[Na+]. The summed E-state index contributed by atoms with van der Waals surface area (Å²) >= 11 is 0. The van der Waals surface area contributed by atoms with Crippen molar-refractivity contribution in [1.82, 2.24) is 4.98 Å². The number of carbonyl (C=O) groups is 3. The molecule has 0 aliphatic heterocycles. The monoisotopic (exact) mass is 327 g/mol. The van der Waals surface area contributed by atoms with E-state index in [9.17, 15) is 24.6 Å². The van der Waals surface area contributed by atoms with E-state index >= 15 is 0 Å². The van der Waals surface area contributed by atoms with Crippen LogP contribution in [-0.4, -0.2) is 22.7 Å². The van der Waals surface area contributed by atoms with Gasteiger partial charge in [0, 0.05) is 10.9 Å². The Morgan fingerprint density at radius 3 is 2.39 bits per heavy atom. The van der Waals surface area contributed by atoms with Crippen LogP contribution in [0.1, 0.15) is 26.4 Å². The number of rotatable bonds is 2. The summed E-state index contributed by atoms with van der Waals surface area (Å²) in [6.45, 7) is 0. The molecule has 1 atom stereocenters. The zero-order valence-corrected chi connectivity index (χ0v) is 16.5. The normalized spacial score (nSPS) is 15.3. The first-order valence-corrected chi connectivity index (χ1v) is 6.07. The van der Waals surface area contributed by atoms with Crippen molar-refractivity contribution in [3.63, 3.8) is 0 Å². The van der Waals surface area contributed by atoms with Crippen LogP contribution in [0.3, 0.4) is 0 Å². The van der Waals surface area contributed by atoms with Crippen LogP contribution in [0.25, 0.3) is 17.0 Å². The molecular weight excluding hydrogens is 320 g/mol. The van der Waals surface area contributed by atoms with Gasteiger partial charge in [0.25, 0.3) is 0 Å². The van der Waals surface area contributed by atoms with Gasteiger partial charge in [-0.25, -0.2) is 4.98 Å². The molecule has 1 aliphatic rings. The number of hydrogen-bond acceptors (Lipinski definition) is 6. The van der Waals surface area contributed by atoms with Crippen molar-refractivity contribution in [1.29, 1.82) is 0 Å². The van der Waals surface area contributed by atoms with Gasteiger partial charge in [0.1, 0.15) is 0 Å². The van der Waals surface area contributed by atoms with E-state index in [0.29, 0.717) is 16.6 Å². The molecule has 0 spiro atoms. The molecule has 0 N–H and O–H groups in total. The Hall–Kier alpha value is -1.02. The number of aliphatic carboxylic acids is 1. The molecule has 2 aromatic rings. The minimum Gasteiger partial charge on any atom is -0.549 e. The number of hydrogen-bond donors (Lipinski definition) is 0. The van der Waals surface area contributed by atoms with E-state index in [-0.39, 0.29) is 70.2 Å². The van der Waals surface area contributed by atoms with Gasteiger partial charge in [0.15, 0.2) is 5.78 Å². The molecule has 1 aromatic heterocycles. The zero-order valence-electron chi connectivity index (χ0n) is 12.5. The standard InChI is InChI=1S/C15H9NO5.2Na/c17-13-9(15(20)21)3-4-11-10(13)5-7-1-2-8(14(18)19)6-12(7)16-11;;/h1-6,9H,(H,18,19)(H,20,21);;/q;2*+1/p-2. The number of carboxylic acids is 2. The van der Waals surface area contributed by atoms with Gasteiger partial charge in [-0.05, 0) is 23.8 Å². The van der Waals surface area contributed by atoms with E-state index in [0.717, 1.165) is 0 Å². The molecule has 1 aromatic carbocycles. The number of aromatic nitrogens is 1. The molecular formula is C15H7NNa2O5. The molecule has 0 fully saturated rings. The Kier molecular flexibility index (Phi) is 6.70. The number of fused-ring (bicyclic) bond motifs is 2. The second kappa shape index (κ2) is 7.70. The molecule has 104 valence electrons. The summed E-state index contributed by atoms with van der Waals surface area (Å²) in [4.78, 5) is 38.0. The van der Waals surface area contributed by atoms with Crippen LogP contribution in [0, 0.1) is 5.92 Å². The number of carboxylic acid groups (broad SMARTS) is 2. The number of ketones is 1. The molecule has 3 rings (SSSR count). The largest absolute Gasteiger partial charge is 1.00 e. The van der Waals surface area contributed by atoms with Gasteiger partial charge in [0.2, 0.25) is 0 Å². The number of carbonyl (C=O) groups excluding carboxylic acids is 3. The third-order valence-corrected chi connectivity index (χ3v) is 3.33. The number of pyridine rings is 1. The minimum absolute atomic E-state index is 0. The Balaban J connectivity index is 0.00000132. The fourth-order valence-corrected chi connectivity index (χ4v) is 2.26. The van der Waals surface area contributed by atoms with Gasteiger partial charge in [-0.3, -0.25) is 4.79 Å². The molecule has 0 saturated heterocycles. The second-order valence-electron chi connectivity index (χ2n) is 4.64. The van der Waals surface area contributed by atoms with Crippen LogP contribution in [0.4, 0.5) is 0 Å². The van der Waals surface area contributed by atoms with Gasteiger partial charge in [-0.2, -0.15) is 0 Å². The van der Waals surface area contributed by atoms with Gasteiger partial charge in [-0.1, -0.05) is 18.2 Å². The van der Waals surface area contributed by atoms with Crippen molar-refractivity contribution in [3.05, 3.63) is 47.2 Å². The smallest absolute Gasteiger partial charge is 0.549 e. The van der Waals surface area contributed by atoms with Crippen molar-refractivity contribution >= 4 is 34.7 Å². The summed E-state index contributed by atoms with van der Waals surface area (Å²) in [5.74, 6) is -4.69. The number of nitrogens with zero attached hydrogens (tertiary/aromatic N) is 1. The first-order valence-electron chi connectivity index (χ1n) is 6.07. The molecule has 0 amide bonds. The van der Waals surface area contributed by atoms with E-state index < -0.39 is 23.6 Å². The molecule has 0 saturated carbocycles. The third kappa shape index (κ3) is 3.74. The van der Waals surface area contributed by atoms with E-state index in [1.807, 2.05) is 0 Å². The molecule has 1 aliphatic carbocycles. The average molecular weight is 327 g/mol. The Morgan fingerprint density at radius 2 is 1.78 bits per heavy atom. The first-order chi connectivity index (χ1) is 9.97. The summed E-state index contributed by atoms with van der Waals surface area (Å²) in [6.07, 6.45) is 2.63. The maximum atomic E-state index is 12.1. The molecule has 23 heavy (non-hydrogen) atoms. The van der Waals surface area contributed by atoms with Crippen molar-refractivity contribution in [2.24, 2.45) is 5.92 Å². The van der Waals surface area contributed by atoms with E-state index in [1.165, 1.54) is 36.4 Å². The molecule has 1 heterocycles. The molecule has 1 unspecified atom stereocenters. The van der Waals surface area contributed by atoms with Gasteiger partial charge in [0.05, 0.1) is 29.1 Å². The van der Waals surface area contributed by atoms with E-state index in [1.54, 1.807) is 0 Å². The molecule has 0 bridgehead atoms. The van der Waals surface area contributed by atoms with Crippen LogP contribution in [0.2, 0.25) is 0 Å². The number of Topliss-reactive ketones (excluding diaryl/α,β-unsaturated/α-hetero) is 1. The van der Waals surface area contributed by atoms with Gasteiger partial charge in [-0.15, -0.1) is 0 Å². The Bertz CT molecular complexity index is 847. The fraction of sp³-hybridized carbons (Fsp3) is 0.0667. The van der Waals surface area contributed by atoms with Crippen LogP contribution in [0.15, 0.2) is 30.3 Å². The number of benzene rings is 1. The van der Waals surface area contributed by atoms with Crippen LogP contribution >= 0.6 is 0 Å². The van der Waals surface area contributed by atoms with E-state index in [4.69, 9.17) is 0 Å². The van der Waals surface area contributed by atoms with Crippen molar-refractivity contribution < 1.29 is 83.7 Å². The van der Waals surface area contributed by atoms with Crippen LogP contribution in [-0.2, 0) is 4.79 Å². The summed E-state index contributed by atoms with van der Waals surface area (Å²) in [6, 6.07) is 5.67. The summed E-state index contributed by atoms with van der Waals surface area (Å²) < 4.78 is 0. The summed E-state index contributed by atoms with van der Waals surface area (Å²) in [5.41, 5.74) is 0.856. The van der Waals surface area contributed by atoms with Gasteiger partial charge >= 0.3 is 59.1 Å². The van der Waals surface area contributed by atoms with E-state index in [2.05, 4.69) is 4.98 Å². The number of aromatic carboxylic acids is 1. The predicted molar refractivity (Wildman–Crippen MR) is 67.9 cm³/mol. The molecule has 0 radical (unpaired) electrons. The van der Waals surface area contributed by atoms with Crippen molar-refractivity contribution in [2.75, 3.05) is 0 Å². The average Bonchev–Trinajstić information content (AvgIpc) is 2.45. The Labute approximate surface area is 175 Å². The van der Waals surface area contributed by atoms with Crippen LogP contribution < -0.4 is 69.3 Å². The van der Waals surface area contributed by atoms with Gasteiger partial charge < -0.3 is 19.8 Å². The van der Waals surface area contributed by atoms with Crippen LogP contribution in [0.5, 0.6) is 0 Å². The second-order valence-corrected chi connectivity index (χ2v) is 4.64. The summed E-state index contributed by atoms with van der Waals surface area (Å²) in [7, 11) is 0.